The van der Waals surface area contributed by atoms with Gasteiger partial charge in [-0.25, -0.2) is 4.79 Å². The number of carboxylic acids is 1. The predicted octanol–water partition coefficient (Wildman–Crippen LogP) is -7.37. The predicted molar refractivity (Wildman–Crippen MR) is 218 cm³/mol. The van der Waals surface area contributed by atoms with Crippen LogP contribution in [0.1, 0.15) is 67.2 Å². The summed E-state index contributed by atoms with van der Waals surface area (Å²) in [6, 6.07) is -11.1. The van der Waals surface area contributed by atoms with Gasteiger partial charge in [-0.2, -0.15) is 0 Å². The van der Waals surface area contributed by atoms with E-state index < -0.39 is 133 Å². The number of carbonyl (C=O) groups is 9. The topological polar surface area (TPSA) is 453 Å². The van der Waals surface area contributed by atoms with Gasteiger partial charge in [0.05, 0.1) is 25.9 Å². The van der Waals surface area contributed by atoms with Gasteiger partial charge in [0.15, 0.2) is 12.1 Å². The summed E-state index contributed by atoms with van der Waals surface area (Å²) >= 11 is 0. The lowest BCUT2D eigenvalue weighted by Gasteiger charge is -2.29. The summed E-state index contributed by atoms with van der Waals surface area (Å²) < 4.78 is 0. The van der Waals surface area contributed by atoms with Crippen LogP contribution in [0.3, 0.4) is 0 Å². The molecule has 0 aliphatic rings. The first-order chi connectivity index (χ1) is 28.8. The molecule has 0 heterocycles. The third-order valence-electron chi connectivity index (χ3n) is 9.35. The van der Waals surface area contributed by atoms with E-state index in [1.165, 1.54) is 0 Å². The molecule has 26 heteroatoms. The van der Waals surface area contributed by atoms with Crippen molar-refractivity contribution in [1.82, 2.24) is 42.5 Å². The number of amides is 8. The van der Waals surface area contributed by atoms with Gasteiger partial charge in [-0.05, 0) is 37.0 Å². The van der Waals surface area contributed by atoms with E-state index in [9.17, 15) is 63.6 Å². The highest BCUT2D eigenvalue weighted by atomic mass is 16.4. The van der Waals surface area contributed by atoms with Crippen LogP contribution in [0.5, 0.6) is 0 Å². The number of primary amides is 1. The minimum atomic E-state index is -2.39. The van der Waals surface area contributed by atoms with Crippen molar-refractivity contribution in [3.05, 3.63) is 0 Å². The maximum Gasteiger partial charge on any atom is 0.328 e. The number of hydrogen-bond donors (Lipinski definition) is 17. The Bertz CT molecular complexity index is 1570. The van der Waals surface area contributed by atoms with Crippen LogP contribution in [-0.4, -0.2) is 166 Å². The van der Waals surface area contributed by atoms with Crippen molar-refractivity contribution < 1.29 is 68.7 Å². The molecule has 20 N–H and O–H groups in total. The number of carboxylic acid groups (broad SMARTS) is 1. The zero-order valence-corrected chi connectivity index (χ0v) is 35.7. The van der Waals surface area contributed by atoms with Gasteiger partial charge in [-0.15, -0.1) is 0 Å². The maximum absolute atomic E-state index is 13.9. The first-order valence-corrected chi connectivity index (χ1v) is 19.8. The van der Waals surface area contributed by atoms with Crippen molar-refractivity contribution >= 4 is 59.2 Å². The van der Waals surface area contributed by atoms with E-state index in [1.54, 1.807) is 46.9 Å². The van der Waals surface area contributed by atoms with Crippen molar-refractivity contribution in [2.75, 3.05) is 26.3 Å². The average Bonchev–Trinajstić information content (AvgIpc) is 3.20. The second-order valence-electron chi connectivity index (χ2n) is 15.3. The Hall–Kier alpha value is -5.70. The van der Waals surface area contributed by atoms with E-state index in [0.717, 1.165) is 0 Å². The fourth-order valence-electron chi connectivity index (χ4n) is 5.44. The van der Waals surface area contributed by atoms with Crippen molar-refractivity contribution in [2.24, 2.45) is 35.0 Å². The molecule has 0 rings (SSSR count). The van der Waals surface area contributed by atoms with Gasteiger partial charge >= 0.3 is 5.97 Å². The number of rotatable bonds is 29. The normalized spacial score (nSPS) is 16.0. The quantitative estimate of drug-likeness (QED) is 0.0188. The highest BCUT2D eigenvalue weighted by molar-refractivity contribution is 5.98. The molecule has 0 saturated heterocycles. The second-order valence-corrected chi connectivity index (χ2v) is 15.3. The molecular formula is C36H66N12O14. The summed E-state index contributed by atoms with van der Waals surface area (Å²) in [5.74, 6) is -12.0. The zero-order chi connectivity index (χ0) is 48.0. The van der Waals surface area contributed by atoms with E-state index in [0.29, 0.717) is 0 Å². The van der Waals surface area contributed by atoms with E-state index >= 15 is 0 Å². The number of aliphatic hydroxyl groups is 4. The number of nitrogens with one attached hydrogen (secondary N) is 9. The maximum atomic E-state index is 13.9. The summed E-state index contributed by atoms with van der Waals surface area (Å²) in [6.45, 7) is 7.14. The third-order valence-corrected chi connectivity index (χ3v) is 9.35. The summed E-state index contributed by atoms with van der Waals surface area (Å²) in [4.78, 5) is 115. The SMILES string of the molecule is CC[C@H](C)[C@H](NC(=O)[C@@H](CCCNC(=N)N)NC(=O)[C@H](CC(C)C)NC(=O)[C@@H](N)[C@H](O)C(C)C)C(=O)N[C@@H](CO)C(=O)NCC(=O)N[C@H](C(=O)N[C@@H](CO)C(=O)O)[C@H](O)C(N)=O. The highest BCUT2D eigenvalue weighted by Gasteiger charge is 2.37. The van der Waals surface area contributed by atoms with Crippen LogP contribution in [0, 0.1) is 23.2 Å². The minimum absolute atomic E-state index is 0.0646. The molecule has 0 unspecified atom stereocenters. The fraction of sp³-hybridized carbons (Fsp3) is 0.722. The van der Waals surface area contributed by atoms with Crippen molar-refractivity contribution in [3.63, 3.8) is 0 Å². The Morgan fingerprint density at radius 3 is 1.65 bits per heavy atom. The number of guanidine groups is 1. The summed E-state index contributed by atoms with van der Waals surface area (Å²) in [5, 5.41) is 74.3. The zero-order valence-electron chi connectivity index (χ0n) is 35.7. The largest absolute Gasteiger partial charge is 0.480 e. The number of aliphatic hydroxyl groups excluding tert-OH is 4. The molecule has 0 bridgehead atoms. The van der Waals surface area contributed by atoms with Crippen LogP contribution < -0.4 is 59.7 Å². The Labute approximate surface area is 358 Å². The molecular weight excluding hydrogens is 824 g/mol. The number of aliphatic carboxylic acids is 1. The molecule has 0 fully saturated rings. The van der Waals surface area contributed by atoms with Crippen LogP contribution in [0.4, 0.5) is 0 Å². The lowest BCUT2D eigenvalue weighted by atomic mass is 9.96. The Morgan fingerprint density at radius 1 is 0.645 bits per heavy atom. The van der Waals surface area contributed by atoms with Crippen LogP contribution in [-0.2, 0) is 43.2 Å². The minimum Gasteiger partial charge on any atom is -0.480 e. The molecule has 0 aliphatic heterocycles. The van der Waals surface area contributed by atoms with Crippen LogP contribution in [0.25, 0.3) is 0 Å². The molecule has 354 valence electrons. The van der Waals surface area contributed by atoms with Crippen LogP contribution in [0.15, 0.2) is 0 Å². The molecule has 8 amide bonds. The van der Waals surface area contributed by atoms with Gasteiger partial charge in [0.2, 0.25) is 47.3 Å². The molecule has 0 radical (unpaired) electrons. The van der Waals surface area contributed by atoms with Gasteiger partial charge in [0.1, 0.15) is 42.3 Å². The van der Waals surface area contributed by atoms with Gasteiger partial charge in [-0.1, -0.05) is 48.0 Å². The monoisotopic (exact) mass is 890 g/mol. The first kappa shape index (κ1) is 56.3. The molecule has 0 aromatic rings. The lowest BCUT2D eigenvalue weighted by Crippen LogP contribution is -2.62. The smallest absolute Gasteiger partial charge is 0.328 e. The Morgan fingerprint density at radius 2 is 1.16 bits per heavy atom. The summed E-state index contributed by atoms with van der Waals surface area (Å²) in [7, 11) is 0. The number of carbonyl (C=O) groups excluding carboxylic acids is 8. The van der Waals surface area contributed by atoms with Crippen molar-refractivity contribution in [3.8, 4) is 0 Å². The first-order valence-electron chi connectivity index (χ1n) is 19.8. The second kappa shape index (κ2) is 28.0. The molecule has 0 saturated carbocycles. The molecule has 0 aromatic carbocycles. The standard InChI is InChI=1S/C36H66N12O14/c1-7-17(6)24(33(59)45-20(13-49)29(55)42-12-22(51)47-25(27(53)28(38)54)34(60)46-21(14-50)35(61)62)48-30(56)18(9-8-10-41-36(39)40)43-31(57)19(11-15(2)3)44-32(58)23(37)26(52)16(4)5/h15-21,23-27,49-50,52-53H,7-14,37H2,1-6H3,(H2,38,54)(H,42,55)(H,43,57)(H,44,58)(H,45,59)(H,46,60)(H,47,51)(H,48,56)(H,61,62)(H4,39,40,41)/t17-,18+,19-,20-,21-,23-,24-,25-,26+,27-/m0/s1. The van der Waals surface area contributed by atoms with E-state index in [4.69, 9.17) is 27.7 Å². The Balaban J connectivity index is 6.18. The molecule has 62 heavy (non-hydrogen) atoms. The van der Waals surface area contributed by atoms with Gasteiger partial charge in [0, 0.05) is 6.54 Å². The van der Waals surface area contributed by atoms with Crippen LogP contribution >= 0.6 is 0 Å². The fourth-order valence-corrected chi connectivity index (χ4v) is 5.44. The Kier molecular flexibility index (Phi) is 25.4. The van der Waals surface area contributed by atoms with Gasteiger partial charge < -0.3 is 85.3 Å². The van der Waals surface area contributed by atoms with Gasteiger partial charge in [0.25, 0.3) is 0 Å². The molecule has 0 aromatic heterocycles. The highest BCUT2D eigenvalue weighted by Crippen LogP contribution is 2.12. The van der Waals surface area contributed by atoms with E-state index in [2.05, 4.69) is 31.9 Å². The average molecular weight is 891 g/mol. The number of hydrogen-bond acceptors (Lipinski definition) is 15. The number of nitrogens with two attached hydrogens (primary N) is 3. The summed E-state index contributed by atoms with van der Waals surface area (Å²) in [6.07, 6.45) is -3.11. The van der Waals surface area contributed by atoms with E-state index in [-0.39, 0.29) is 50.0 Å². The molecule has 0 aliphatic carbocycles. The summed E-state index contributed by atoms with van der Waals surface area (Å²) in [5.41, 5.74) is 16.3. The van der Waals surface area contributed by atoms with Crippen molar-refractivity contribution in [2.45, 2.75) is 122 Å². The van der Waals surface area contributed by atoms with Gasteiger partial charge in [-0.3, -0.25) is 43.8 Å². The van der Waals surface area contributed by atoms with Crippen LogP contribution in [0.2, 0.25) is 0 Å². The lowest BCUT2D eigenvalue weighted by molar-refractivity contribution is -0.145. The molecule has 10 atom stereocenters. The molecule has 26 nitrogen and oxygen atoms in total. The third kappa shape index (κ3) is 19.8. The molecule has 0 spiro atoms. The van der Waals surface area contributed by atoms with Crippen molar-refractivity contribution in [1.29, 1.82) is 5.41 Å². The van der Waals surface area contributed by atoms with E-state index in [1.807, 2.05) is 5.32 Å².